The number of fused-ring (bicyclic) bond motifs is 1. The largest absolute Gasteiger partial charge is 0.392 e. The number of nitriles is 1. The summed E-state index contributed by atoms with van der Waals surface area (Å²) in [6.07, 6.45) is 8.90. The van der Waals surface area contributed by atoms with Crippen molar-refractivity contribution in [1.82, 2.24) is 29.3 Å². The molecular formula is C28H30N8O2. The summed E-state index contributed by atoms with van der Waals surface area (Å²) in [5.74, 6) is 0.796. The van der Waals surface area contributed by atoms with Gasteiger partial charge in [-0.2, -0.15) is 15.5 Å². The van der Waals surface area contributed by atoms with Crippen LogP contribution in [-0.4, -0.2) is 72.6 Å². The van der Waals surface area contributed by atoms with Crippen molar-refractivity contribution in [3.05, 3.63) is 66.9 Å². The number of amides is 1. The number of piperazine rings is 1. The van der Waals surface area contributed by atoms with E-state index in [9.17, 15) is 15.2 Å². The highest BCUT2D eigenvalue weighted by Gasteiger charge is 2.24. The molecule has 1 atom stereocenters. The Morgan fingerprint density at radius 2 is 1.87 bits per heavy atom. The minimum Gasteiger partial charge on any atom is -0.392 e. The predicted molar refractivity (Wildman–Crippen MR) is 144 cm³/mol. The number of carbonyl (C=O) groups excluding carboxylic acids is 1. The van der Waals surface area contributed by atoms with Crippen LogP contribution in [0.4, 0.5) is 5.82 Å². The van der Waals surface area contributed by atoms with E-state index in [0.717, 1.165) is 39.2 Å². The number of rotatable bonds is 7. The maximum atomic E-state index is 12.6. The molecule has 10 nitrogen and oxygen atoms in total. The molecule has 0 saturated carbocycles. The highest BCUT2D eigenvalue weighted by atomic mass is 16.3. The van der Waals surface area contributed by atoms with Gasteiger partial charge in [-0.25, -0.2) is 9.50 Å². The van der Waals surface area contributed by atoms with Gasteiger partial charge in [0, 0.05) is 74.1 Å². The SMILES string of the molecule is C=C(C)CC(O)CC(=O)N1CCN(c2ccc(-c3cc(-c4cnn(C)c4)cn4ncc(C#N)c34)cn2)CC1. The van der Waals surface area contributed by atoms with Crippen molar-refractivity contribution >= 4 is 17.2 Å². The molecule has 5 heterocycles. The molecule has 1 saturated heterocycles. The van der Waals surface area contributed by atoms with Gasteiger partial charge < -0.3 is 14.9 Å². The van der Waals surface area contributed by atoms with Crippen LogP contribution in [0.25, 0.3) is 27.8 Å². The van der Waals surface area contributed by atoms with Crippen molar-refractivity contribution in [3.8, 4) is 28.3 Å². The zero-order valence-corrected chi connectivity index (χ0v) is 21.6. The summed E-state index contributed by atoms with van der Waals surface area (Å²) in [5.41, 5.74) is 5.73. The number of pyridine rings is 2. The van der Waals surface area contributed by atoms with Crippen molar-refractivity contribution in [2.75, 3.05) is 31.1 Å². The lowest BCUT2D eigenvalue weighted by Crippen LogP contribution is -2.49. The van der Waals surface area contributed by atoms with Gasteiger partial charge in [-0.3, -0.25) is 9.48 Å². The van der Waals surface area contributed by atoms with Gasteiger partial charge in [-0.05, 0) is 31.5 Å². The van der Waals surface area contributed by atoms with Gasteiger partial charge >= 0.3 is 0 Å². The summed E-state index contributed by atoms with van der Waals surface area (Å²) in [6.45, 7) is 8.14. The molecule has 0 aliphatic carbocycles. The molecule has 4 aromatic rings. The van der Waals surface area contributed by atoms with Crippen molar-refractivity contribution in [2.24, 2.45) is 7.05 Å². The average molecular weight is 511 g/mol. The molecule has 1 unspecified atom stereocenters. The maximum absolute atomic E-state index is 12.6. The quantitative estimate of drug-likeness (QED) is 0.380. The summed E-state index contributed by atoms with van der Waals surface area (Å²) in [5, 5.41) is 28.4. The first-order valence-corrected chi connectivity index (χ1v) is 12.5. The third-order valence-electron chi connectivity index (χ3n) is 6.78. The van der Waals surface area contributed by atoms with Crippen molar-refractivity contribution in [2.45, 2.75) is 25.9 Å². The van der Waals surface area contributed by atoms with E-state index in [1.54, 1.807) is 26.5 Å². The zero-order valence-electron chi connectivity index (χ0n) is 21.6. The monoisotopic (exact) mass is 510 g/mol. The molecule has 1 amide bonds. The van der Waals surface area contributed by atoms with Gasteiger partial charge in [0.1, 0.15) is 11.9 Å². The van der Waals surface area contributed by atoms with Crippen LogP contribution < -0.4 is 4.90 Å². The third kappa shape index (κ3) is 5.14. The highest BCUT2D eigenvalue weighted by Crippen LogP contribution is 2.32. The molecule has 38 heavy (non-hydrogen) atoms. The van der Waals surface area contributed by atoms with Crippen LogP contribution in [-0.2, 0) is 11.8 Å². The minimum absolute atomic E-state index is 0.0340. The number of anilines is 1. The number of carbonyl (C=O) groups is 1. The van der Waals surface area contributed by atoms with Crippen LogP contribution in [0, 0.1) is 11.3 Å². The summed E-state index contributed by atoms with van der Waals surface area (Å²) in [7, 11) is 1.87. The van der Waals surface area contributed by atoms with Crippen molar-refractivity contribution in [1.29, 1.82) is 5.26 Å². The second-order valence-electron chi connectivity index (χ2n) is 9.80. The number of aromatic nitrogens is 5. The molecule has 1 aliphatic heterocycles. The number of aryl methyl sites for hydroxylation is 1. The third-order valence-corrected chi connectivity index (χ3v) is 6.78. The normalized spacial score (nSPS) is 14.5. The Hall–Kier alpha value is -4.49. The number of aliphatic hydroxyl groups excluding tert-OH is 1. The second kappa shape index (κ2) is 10.5. The lowest BCUT2D eigenvalue weighted by molar-refractivity contribution is -0.133. The Morgan fingerprint density at radius 3 is 2.50 bits per heavy atom. The van der Waals surface area contributed by atoms with Crippen LogP contribution in [0.1, 0.15) is 25.3 Å². The van der Waals surface area contributed by atoms with Crippen LogP contribution in [0.3, 0.4) is 0 Å². The van der Waals surface area contributed by atoms with Gasteiger partial charge in [0.2, 0.25) is 5.91 Å². The Labute approximate surface area is 221 Å². The molecule has 1 N–H and O–H groups in total. The molecule has 1 fully saturated rings. The van der Waals surface area contributed by atoms with E-state index in [1.165, 1.54) is 0 Å². The molecule has 5 rings (SSSR count). The van der Waals surface area contributed by atoms with Crippen LogP contribution in [0.15, 0.2) is 61.3 Å². The molecular weight excluding hydrogens is 480 g/mol. The zero-order chi connectivity index (χ0) is 26.8. The number of hydrogen-bond donors (Lipinski definition) is 1. The smallest absolute Gasteiger partial charge is 0.225 e. The van der Waals surface area contributed by atoms with Crippen molar-refractivity contribution in [3.63, 3.8) is 0 Å². The van der Waals surface area contributed by atoms with Gasteiger partial charge in [-0.15, -0.1) is 6.58 Å². The van der Waals surface area contributed by atoms with Crippen molar-refractivity contribution < 1.29 is 9.90 Å². The van der Waals surface area contributed by atoms with E-state index < -0.39 is 6.10 Å². The number of hydrogen-bond acceptors (Lipinski definition) is 7. The fraction of sp³-hybridized carbons (Fsp3) is 0.321. The molecule has 0 aromatic carbocycles. The fourth-order valence-corrected chi connectivity index (χ4v) is 4.87. The lowest BCUT2D eigenvalue weighted by atomic mass is 10.0. The van der Waals surface area contributed by atoms with E-state index in [0.29, 0.717) is 38.2 Å². The van der Waals surface area contributed by atoms with Crippen LogP contribution >= 0.6 is 0 Å². The summed E-state index contributed by atoms with van der Waals surface area (Å²) >= 11 is 0. The second-order valence-corrected chi connectivity index (χ2v) is 9.80. The van der Waals surface area contributed by atoms with E-state index in [-0.39, 0.29) is 12.3 Å². The van der Waals surface area contributed by atoms with E-state index in [4.69, 9.17) is 4.98 Å². The lowest BCUT2D eigenvalue weighted by Gasteiger charge is -2.35. The number of nitrogens with zero attached hydrogens (tertiary/aromatic N) is 8. The maximum Gasteiger partial charge on any atom is 0.225 e. The van der Waals surface area contributed by atoms with Gasteiger partial charge in [0.25, 0.3) is 0 Å². The molecule has 1 aliphatic rings. The summed E-state index contributed by atoms with van der Waals surface area (Å²) in [4.78, 5) is 21.3. The minimum atomic E-state index is -0.687. The first-order chi connectivity index (χ1) is 18.3. The molecule has 4 aromatic heterocycles. The Morgan fingerprint density at radius 1 is 1.08 bits per heavy atom. The standard InChI is InChI=1S/C28H30N8O2/c1-19(2)10-24(37)12-27(38)35-8-6-34(7-9-35)26-5-4-20(14-30-26)25-11-21(23-16-31-33(3)17-23)18-36-28(25)22(13-29)15-32-36/h4-5,11,14-18,24,37H,1,6-10,12H2,2-3H3. The van der Waals surface area contributed by atoms with Gasteiger partial charge in [0.15, 0.2) is 0 Å². The van der Waals surface area contributed by atoms with Gasteiger partial charge in [-0.1, -0.05) is 5.57 Å². The molecule has 0 radical (unpaired) electrons. The van der Waals surface area contributed by atoms with Crippen LogP contribution in [0.5, 0.6) is 0 Å². The highest BCUT2D eigenvalue weighted by molar-refractivity contribution is 5.87. The fourth-order valence-electron chi connectivity index (χ4n) is 4.87. The topological polar surface area (TPSA) is 116 Å². The first-order valence-electron chi connectivity index (χ1n) is 12.5. The summed E-state index contributed by atoms with van der Waals surface area (Å²) < 4.78 is 3.48. The average Bonchev–Trinajstić information content (AvgIpc) is 3.53. The first kappa shape index (κ1) is 25.2. The van der Waals surface area contributed by atoms with E-state index in [2.05, 4.69) is 27.7 Å². The molecule has 194 valence electrons. The predicted octanol–water partition coefficient (Wildman–Crippen LogP) is 3.03. The molecule has 0 spiro atoms. The Balaban J connectivity index is 1.34. The van der Waals surface area contributed by atoms with Gasteiger partial charge in [0.05, 0.1) is 36.0 Å². The molecule has 0 bridgehead atoms. The molecule has 10 heteroatoms. The van der Waals surface area contributed by atoms with E-state index >= 15 is 0 Å². The Kier molecular flexibility index (Phi) is 6.94. The summed E-state index contributed by atoms with van der Waals surface area (Å²) in [6, 6.07) is 8.26. The van der Waals surface area contributed by atoms with E-state index in [1.807, 2.05) is 50.8 Å². The Bertz CT molecular complexity index is 1520. The number of aliphatic hydroxyl groups is 1. The van der Waals surface area contributed by atoms with Crippen LogP contribution in [0.2, 0.25) is 0 Å².